The normalized spacial score (nSPS) is 17.7. The summed E-state index contributed by atoms with van der Waals surface area (Å²) in [5, 5.41) is 0.495. The molecule has 9 nitrogen and oxygen atoms in total. The number of carbonyl (C=O) groups excluding carboxylic acids is 1. The maximum absolute atomic E-state index is 12.5. The monoisotopic (exact) mass is 575 g/mol. The number of imidazole rings is 1. The van der Waals surface area contributed by atoms with Gasteiger partial charge in [0.15, 0.2) is 11.2 Å². The molecule has 2 fully saturated rings. The minimum absolute atomic E-state index is 0.0382. The van der Waals surface area contributed by atoms with Crippen LogP contribution in [0.5, 0.6) is 11.6 Å². The van der Waals surface area contributed by atoms with Crippen LogP contribution < -0.4 is 9.47 Å². The Kier molecular flexibility index (Phi) is 7.01. The third kappa shape index (κ3) is 5.95. The highest BCUT2D eigenvalue weighted by Crippen LogP contribution is 2.41. The standard InChI is InChI=1S/C31H34ClN5O4/c1-30(2,3)41-29(38)36-15-12-21(36)18-39-22-10-11-23(24(32)16-22)26-35-25-27(37(26)17-20-8-6-5-7-9-20)33-19-34-28(25)40-31(4)13-14-31/h5-11,16,19,21H,12-15,17-18H2,1-4H3/t21-/m1/s1. The van der Waals surface area contributed by atoms with Crippen molar-refractivity contribution in [2.24, 2.45) is 0 Å². The summed E-state index contributed by atoms with van der Waals surface area (Å²) in [6.45, 7) is 9.24. The van der Waals surface area contributed by atoms with Crippen LogP contribution in [0.1, 0.15) is 52.5 Å². The number of ether oxygens (including phenoxy) is 3. The number of aromatic nitrogens is 4. The molecule has 1 aliphatic heterocycles. The molecule has 0 bridgehead atoms. The van der Waals surface area contributed by atoms with Gasteiger partial charge in [0.1, 0.15) is 35.7 Å². The van der Waals surface area contributed by atoms with E-state index in [0.717, 1.165) is 30.4 Å². The Morgan fingerprint density at radius 1 is 1.12 bits per heavy atom. The lowest BCUT2D eigenvalue weighted by Gasteiger charge is -2.41. The quantitative estimate of drug-likeness (QED) is 0.236. The number of fused-ring (bicyclic) bond motifs is 1. The lowest BCUT2D eigenvalue weighted by molar-refractivity contribution is -0.0141. The molecule has 214 valence electrons. The van der Waals surface area contributed by atoms with Crippen LogP contribution in [0, 0.1) is 0 Å². The Morgan fingerprint density at radius 3 is 2.56 bits per heavy atom. The van der Waals surface area contributed by atoms with Gasteiger partial charge in [0.2, 0.25) is 5.88 Å². The first kappa shape index (κ1) is 27.3. The van der Waals surface area contributed by atoms with Crippen molar-refractivity contribution in [3.05, 3.63) is 65.4 Å². The number of likely N-dealkylation sites (tertiary alicyclic amines) is 1. The molecular weight excluding hydrogens is 542 g/mol. The van der Waals surface area contributed by atoms with E-state index < -0.39 is 5.60 Å². The molecule has 1 aliphatic carbocycles. The summed E-state index contributed by atoms with van der Waals surface area (Å²) in [6, 6.07) is 15.7. The topological polar surface area (TPSA) is 91.6 Å². The van der Waals surface area contributed by atoms with Crippen molar-refractivity contribution in [3.63, 3.8) is 0 Å². The number of nitrogens with zero attached hydrogens (tertiary/aromatic N) is 5. The van der Waals surface area contributed by atoms with Crippen LogP contribution in [0.25, 0.3) is 22.6 Å². The average Bonchev–Trinajstić information content (AvgIpc) is 3.51. The largest absolute Gasteiger partial charge is 0.491 e. The van der Waals surface area contributed by atoms with Crippen LogP contribution in [0.3, 0.4) is 0 Å². The smallest absolute Gasteiger partial charge is 0.410 e. The van der Waals surface area contributed by atoms with E-state index in [2.05, 4.69) is 29.0 Å². The first-order valence-electron chi connectivity index (χ1n) is 14.0. The van der Waals surface area contributed by atoms with Gasteiger partial charge in [-0.2, -0.15) is 4.98 Å². The number of hydrogen-bond acceptors (Lipinski definition) is 7. The van der Waals surface area contributed by atoms with Gasteiger partial charge in [-0.25, -0.2) is 14.8 Å². The predicted octanol–water partition coefficient (Wildman–Crippen LogP) is 6.51. The van der Waals surface area contributed by atoms with Crippen LogP contribution >= 0.6 is 11.6 Å². The first-order chi connectivity index (χ1) is 19.6. The van der Waals surface area contributed by atoms with Gasteiger partial charge in [0.25, 0.3) is 0 Å². The maximum Gasteiger partial charge on any atom is 0.410 e. The van der Waals surface area contributed by atoms with Gasteiger partial charge in [0, 0.05) is 12.1 Å². The predicted molar refractivity (Wildman–Crippen MR) is 156 cm³/mol. The van der Waals surface area contributed by atoms with Crippen LogP contribution in [0.4, 0.5) is 4.79 Å². The van der Waals surface area contributed by atoms with Gasteiger partial charge in [-0.05, 0) is 70.7 Å². The Balaban J connectivity index is 1.26. The van der Waals surface area contributed by atoms with Gasteiger partial charge in [0.05, 0.1) is 17.6 Å². The molecule has 1 saturated heterocycles. The fourth-order valence-electron chi connectivity index (χ4n) is 4.76. The van der Waals surface area contributed by atoms with Crippen LogP contribution in [-0.2, 0) is 11.3 Å². The summed E-state index contributed by atoms with van der Waals surface area (Å²) < 4.78 is 19.8. The summed E-state index contributed by atoms with van der Waals surface area (Å²) in [6.07, 6.45) is 4.04. The maximum atomic E-state index is 12.5. The van der Waals surface area contributed by atoms with E-state index >= 15 is 0 Å². The Hall–Kier alpha value is -3.85. The van der Waals surface area contributed by atoms with Gasteiger partial charge in [-0.1, -0.05) is 41.9 Å². The molecule has 2 aliphatic rings. The summed E-state index contributed by atoms with van der Waals surface area (Å²) in [4.78, 5) is 28.1. The van der Waals surface area contributed by atoms with Gasteiger partial charge >= 0.3 is 6.09 Å². The second-order valence-corrected chi connectivity index (χ2v) is 12.4. The Bertz CT molecular complexity index is 1580. The SMILES string of the molecule is CC(C)(C)OC(=O)N1CC[C@@H]1COc1ccc(-c2nc3c(OC4(C)CC4)ncnc3n2Cc2ccccc2)c(Cl)c1. The zero-order valence-electron chi connectivity index (χ0n) is 23.8. The molecule has 1 saturated carbocycles. The lowest BCUT2D eigenvalue weighted by atomic mass is 10.1. The number of halogens is 1. The third-order valence-corrected chi connectivity index (χ3v) is 7.69. The van der Waals surface area contributed by atoms with E-state index in [-0.39, 0.29) is 17.7 Å². The minimum Gasteiger partial charge on any atom is -0.491 e. The molecule has 2 aromatic carbocycles. The fraction of sp³-hybridized carbons (Fsp3) is 0.419. The number of amides is 1. The molecule has 1 atom stereocenters. The second kappa shape index (κ2) is 10.5. The molecule has 10 heteroatoms. The molecule has 0 radical (unpaired) electrons. The zero-order chi connectivity index (χ0) is 28.8. The Morgan fingerprint density at radius 2 is 1.90 bits per heavy atom. The van der Waals surface area contributed by atoms with Gasteiger partial charge in [-0.15, -0.1) is 0 Å². The van der Waals surface area contributed by atoms with E-state index in [1.54, 1.807) is 11.0 Å². The van der Waals surface area contributed by atoms with E-state index in [1.807, 2.05) is 55.7 Å². The first-order valence-corrected chi connectivity index (χ1v) is 14.3. The molecule has 0 unspecified atom stereocenters. The molecule has 0 spiro atoms. The molecular formula is C31H34ClN5O4. The van der Waals surface area contributed by atoms with E-state index in [1.165, 1.54) is 6.33 Å². The minimum atomic E-state index is -0.535. The molecule has 4 aromatic rings. The van der Waals surface area contributed by atoms with Crippen molar-refractivity contribution < 1.29 is 19.0 Å². The second-order valence-electron chi connectivity index (χ2n) is 12.0. The van der Waals surface area contributed by atoms with Gasteiger partial charge in [-0.3, -0.25) is 0 Å². The molecule has 2 aromatic heterocycles. The highest BCUT2D eigenvalue weighted by molar-refractivity contribution is 6.33. The number of hydrogen-bond donors (Lipinski definition) is 0. The van der Waals surface area contributed by atoms with Gasteiger partial charge < -0.3 is 23.7 Å². The van der Waals surface area contributed by atoms with Crippen molar-refractivity contribution in [1.29, 1.82) is 0 Å². The molecule has 3 heterocycles. The van der Waals surface area contributed by atoms with Crippen LogP contribution in [0.2, 0.25) is 5.02 Å². The van der Waals surface area contributed by atoms with Crippen LogP contribution in [-0.4, -0.2) is 60.9 Å². The molecule has 41 heavy (non-hydrogen) atoms. The van der Waals surface area contributed by atoms with E-state index in [4.69, 9.17) is 30.8 Å². The lowest BCUT2D eigenvalue weighted by Crippen LogP contribution is -2.55. The van der Waals surface area contributed by atoms with Crippen molar-refractivity contribution >= 4 is 28.9 Å². The number of benzene rings is 2. The van der Waals surface area contributed by atoms with Crippen molar-refractivity contribution in [1.82, 2.24) is 24.4 Å². The number of carbonyl (C=O) groups is 1. The highest BCUT2D eigenvalue weighted by Gasteiger charge is 2.41. The number of rotatable bonds is 8. The molecule has 6 rings (SSSR count). The highest BCUT2D eigenvalue weighted by atomic mass is 35.5. The summed E-state index contributed by atoms with van der Waals surface area (Å²) in [5.74, 6) is 1.77. The summed E-state index contributed by atoms with van der Waals surface area (Å²) in [5.41, 5.74) is 2.40. The zero-order valence-corrected chi connectivity index (χ0v) is 24.5. The van der Waals surface area contributed by atoms with Crippen molar-refractivity contribution in [2.45, 2.75) is 70.7 Å². The van der Waals surface area contributed by atoms with Crippen molar-refractivity contribution in [3.8, 4) is 23.0 Å². The summed E-state index contributed by atoms with van der Waals surface area (Å²) >= 11 is 6.85. The van der Waals surface area contributed by atoms with Crippen LogP contribution in [0.15, 0.2) is 54.9 Å². The molecule has 1 amide bonds. The Labute approximate surface area is 244 Å². The van der Waals surface area contributed by atoms with Crippen molar-refractivity contribution in [2.75, 3.05) is 13.2 Å². The average molecular weight is 576 g/mol. The third-order valence-electron chi connectivity index (χ3n) is 7.37. The molecule has 0 N–H and O–H groups in total. The fourth-order valence-corrected chi connectivity index (χ4v) is 5.01. The summed E-state index contributed by atoms with van der Waals surface area (Å²) in [7, 11) is 0. The van der Waals surface area contributed by atoms with E-state index in [0.29, 0.717) is 53.3 Å². The van der Waals surface area contributed by atoms with E-state index in [9.17, 15) is 4.79 Å².